The summed E-state index contributed by atoms with van der Waals surface area (Å²) in [6.07, 6.45) is 5.57. The van der Waals surface area contributed by atoms with Gasteiger partial charge in [0.2, 0.25) is 0 Å². The van der Waals surface area contributed by atoms with Gasteiger partial charge in [0, 0.05) is 12.6 Å². The van der Waals surface area contributed by atoms with Crippen LogP contribution < -0.4 is 12.4 Å². The summed E-state index contributed by atoms with van der Waals surface area (Å²) in [7, 11) is 0. The van der Waals surface area contributed by atoms with Crippen LogP contribution in [-0.4, -0.2) is 24.0 Å². The smallest absolute Gasteiger partial charge is 1.00 e. The van der Waals surface area contributed by atoms with Crippen molar-refractivity contribution < 1.29 is 13.8 Å². The first-order chi connectivity index (χ1) is 9.18. The molecule has 1 saturated heterocycles. The molecule has 0 aromatic heterocycles. The standard InChI is InChI=1S/C18H25N.ClH/c1-13-17-11-15-5-3-4-6-16(15)18(13,2)9-10-19(17)12-14-7-8-14;/h3-6,13-14,17H,7-12H2,1-2H3;1H. The highest BCUT2D eigenvalue weighted by Gasteiger charge is 2.48. The topological polar surface area (TPSA) is 3.24 Å². The maximum absolute atomic E-state index is 2.82. The fraction of sp³-hybridized carbons (Fsp3) is 0.667. The first-order valence-corrected chi connectivity index (χ1v) is 8.01. The molecule has 0 spiro atoms. The summed E-state index contributed by atoms with van der Waals surface area (Å²) >= 11 is 0. The lowest BCUT2D eigenvalue weighted by atomic mass is 9.59. The van der Waals surface area contributed by atoms with Gasteiger partial charge in [0.15, 0.2) is 0 Å². The molecule has 2 heteroatoms. The number of halogens is 1. The normalized spacial score (nSPS) is 36.1. The molecule has 2 bridgehead atoms. The van der Waals surface area contributed by atoms with Crippen LogP contribution in [0.2, 0.25) is 0 Å². The second-order valence-electron chi connectivity index (χ2n) is 7.32. The molecule has 0 amide bonds. The van der Waals surface area contributed by atoms with Crippen LogP contribution in [0.15, 0.2) is 24.3 Å². The Kier molecular flexibility index (Phi) is 3.63. The van der Waals surface area contributed by atoms with Crippen molar-refractivity contribution in [2.45, 2.75) is 51.0 Å². The molecule has 0 N–H and O–H groups in total. The zero-order valence-electron chi connectivity index (χ0n) is 13.6. The van der Waals surface area contributed by atoms with Crippen LogP contribution >= 0.6 is 0 Å². The van der Waals surface area contributed by atoms with Crippen molar-refractivity contribution in [2.75, 3.05) is 13.1 Å². The Morgan fingerprint density at radius 1 is 1.30 bits per heavy atom. The van der Waals surface area contributed by atoms with Gasteiger partial charge < -0.3 is 12.4 Å². The highest BCUT2D eigenvalue weighted by molar-refractivity contribution is 5.39. The molecule has 1 nitrogen and oxygen atoms in total. The summed E-state index contributed by atoms with van der Waals surface area (Å²) in [5.41, 5.74) is 3.68. The molecule has 0 radical (unpaired) electrons. The van der Waals surface area contributed by atoms with Crippen LogP contribution in [0.4, 0.5) is 0 Å². The molecule has 20 heavy (non-hydrogen) atoms. The summed E-state index contributed by atoms with van der Waals surface area (Å²) in [6, 6.07) is 9.99. The maximum atomic E-state index is 2.82. The van der Waals surface area contributed by atoms with E-state index in [4.69, 9.17) is 0 Å². The summed E-state index contributed by atoms with van der Waals surface area (Å²) in [5, 5.41) is 0. The summed E-state index contributed by atoms with van der Waals surface area (Å²) in [6.45, 7) is 7.69. The molecule has 1 aliphatic heterocycles. The molecule has 3 atom stereocenters. The van der Waals surface area contributed by atoms with Gasteiger partial charge in [0.1, 0.15) is 0 Å². The van der Waals surface area contributed by atoms with Crippen LogP contribution in [0.1, 0.15) is 45.7 Å². The van der Waals surface area contributed by atoms with E-state index >= 15 is 0 Å². The molecule has 4 rings (SSSR count). The zero-order valence-corrected chi connectivity index (χ0v) is 13.4. The largest absolute Gasteiger partial charge is 1.00 e. The van der Waals surface area contributed by atoms with Gasteiger partial charge in [-0.05, 0) is 60.6 Å². The van der Waals surface area contributed by atoms with Crippen molar-refractivity contribution >= 4 is 0 Å². The Balaban J connectivity index is 0.000000807. The molecular formula is C18H26ClN. The Morgan fingerprint density at radius 3 is 2.80 bits per heavy atom. The predicted octanol–water partition coefficient (Wildman–Crippen LogP) is 0.737. The van der Waals surface area contributed by atoms with Crippen LogP contribution in [-0.2, 0) is 11.8 Å². The van der Waals surface area contributed by atoms with E-state index in [2.05, 4.69) is 43.0 Å². The van der Waals surface area contributed by atoms with Crippen molar-refractivity contribution in [3.63, 3.8) is 0 Å². The first-order valence-electron chi connectivity index (χ1n) is 8.01. The lowest BCUT2D eigenvalue weighted by molar-refractivity contribution is -0.00000477. The van der Waals surface area contributed by atoms with Gasteiger partial charge in [-0.2, -0.15) is 0 Å². The van der Waals surface area contributed by atoms with Crippen molar-refractivity contribution in [2.24, 2.45) is 11.8 Å². The Morgan fingerprint density at radius 2 is 2.05 bits per heavy atom. The SMILES string of the molecule is CC1C2Cc3ccccc3C1(C)CCN2CC1CC1.[Cl-].[H+]. The van der Waals surface area contributed by atoms with Gasteiger partial charge in [0.05, 0.1) is 0 Å². The minimum atomic E-state index is 0. The second kappa shape index (κ2) is 5.03. The average Bonchev–Trinajstić information content (AvgIpc) is 3.21. The van der Waals surface area contributed by atoms with E-state index in [1.807, 2.05) is 0 Å². The molecule has 2 aliphatic carbocycles. The number of benzene rings is 1. The van der Waals surface area contributed by atoms with Crippen LogP contribution in [0, 0.1) is 11.8 Å². The third kappa shape index (κ3) is 2.10. The highest BCUT2D eigenvalue weighted by atomic mass is 35.5. The van der Waals surface area contributed by atoms with E-state index < -0.39 is 0 Å². The van der Waals surface area contributed by atoms with Crippen molar-refractivity contribution in [3.8, 4) is 0 Å². The van der Waals surface area contributed by atoms with Gasteiger partial charge in [-0.1, -0.05) is 38.1 Å². The molecular weight excluding hydrogens is 266 g/mol. The fourth-order valence-corrected chi connectivity index (χ4v) is 4.54. The number of nitrogens with zero attached hydrogens (tertiary/aromatic N) is 1. The van der Waals surface area contributed by atoms with Crippen molar-refractivity contribution in [3.05, 3.63) is 35.4 Å². The number of hydrogen-bond donors (Lipinski definition) is 0. The monoisotopic (exact) mass is 291 g/mol. The second-order valence-corrected chi connectivity index (χ2v) is 7.32. The predicted molar refractivity (Wildman–Crippen MR) is 80.5 cm³/mol. The third-order valence-electron chi connectivity index (χ3n) is 6.22. The van der Waals surface area contributed by atoms with Crippen molar-refractivity contribution in [1.29, 1.82) is 0 Å². The number of fused-ring (bicyclic) bond motifs is 4. The van der Waals surface area contributed by atoms with Gasteiger partial charge >= 0.3 is 1.43 Å². The van der Waals surface area contributed by atoms with E-state index in [0.717, 1.165) is 17.9 Å². The summed E-state index contributed by atoms with van der Waals surface area (Å²) < 4.78 is 0. The average molecular weight is 292 g/mol. The molecule has 1 aromatic carbocycles. The maximum Gasteiger partial charge on any atom is 1.00 e. The van der Waals surface area contributed by atoms with Crippen LogP contribution in [0.3, 0.4) is 0 Å². The molecule has 3 aliphatic rings. The van der Waals surface area contributed by atoms with Gasteiger partial charge in [-0.3, -0.25) is 4.90 Å². The minimum absolute atomic E-state index is 0. The van der Waals surface area contributed by atoms with E-state index in [1.165, 1.54) is 38.8 Å². The molecule has 1 saturated carbocycles. The minimum Gasteiger partial charge on any atom is -1.00 e. The first kappa shape index (κ1) is 14.4. The molecule has 1 aromatic rings. The highest BCUT2D eigenvalue weighted by Crippen LogP contribution is 2.49. The number of rotatable bonds is 2. The van der Waals surface area contributed by atoms with E-state index in [9.17, 15) is 0 Å². The fourth-order valence-electron chi connectivity index (χ4n) is 4.54. The van der Waals surface area contributed by atoms with Gasteiger partial charge in [0.25, 0.3) is 0 Å². The number of hydrogen-bond acceptors (Lipinski definition) is 1. The molecule has 3 unspecified atom stereocenters. The van der Waals surface area contributed by atoms with Crippen LogP contribution in [0.25, 0.3) is 0 Å². The molecule has 2 fully saturated rings. The third-order valence-corrected chi connectivity index (χ3v) is 6.22. The zero-order chi connectivity index (χ0) is 13.0. The van der Waals surface area contributed by atoms with Gasteiger partial charge in [-0.15, -0.1) is 0 Å². The Bertz CT molecular complexity index is 502. The Labute approximate surface area is 130 Å². The summed E-state index contributed by atoms with van der Waals surface area (Å²) in [4.78, 5) is 2.82. The Hall–Kier alpha value is -0.530. The number of likely N-dealkylation sites (tertiary alicyclic amines) is 1. The molecule has 110 valence electrons. The lowest BCUT2D eigenvalue weighted by Crippen LogP contribution is -3.00. The van der Waals surface area contributed by atoms with E-state index in [0.29, 0.717) is 5.41 Å². The quantitative estimate of drug-likeness (QED) is 0.777. The number of piperidine rings is 1. The van der Waals surface area contributed by atoms with Gasteiger partial charge in [-0.25, -0.2) is 0 Å². The van der Waals surface area contributed by atoms with E-state index in [-0.39, 0.29) is 13.8 Å². The van der Waals surface area contributed by atoms with Crippen molar-refractivity contribution in [1.82, 2.24) is 4.90 Å². The lowest BCUT2D eigenvalue weighted by Gasteiger charge is -2.54. The summed E-state index contributed by atoms with van der Waals surface area (Å²) in [5.74, 6) is 1.82. The van der Waals surface area contributed by atoms with E-state index in [1.54, 1.807) is 11.1 Å². The van der Waals surface area contributed by atoms with Crippen LogP contribution in [0.5, 0.6) is 0 Å². The molecule has 1 heterocycles.